The van der Waals surface area contributed by atoms with Gasteiger partial charge in [-0.1, -0.05) is 30.1 Å². The van der Waals surface area contributed by atoms with Crippen LogP contribution < -0.4 is 0 Å². The maximum atomic E-state index is 9.42. The molecular formula is C7H8Cl2N2O. The maximum absolute atomic E-state index is 9.42. The highest BCUT2D eigenvalue weighted by Gasteiger charge is 2.11. The molecule has 0 aromatic carbocycles. The van der Waals surface area contributed by atoms with Crippen molar-refractivity contribution in [3.05, 3.63) is 21.9 Å². The van der Waals surface area contributed by atoms with Gasteiger partial charge >= 0.3 is 0 Å². The number of aliphatic hydroxyl groups is 1. The van der Waals surface area contributed by atoms with Gasteiger partial charge in [-0.3, -0.25) is 0 Å². The first-order valence-electron chi connectivity index (χ1n) is 3.51. The Morgan fingerprint density at radius 2 is 2.17 bits per heavy atom. The molecule has 0 radical (unpaired) electrons. The minimum atomic E-state index is -0.620. The first kappa shape index (κ1) is 9.71. The Balaban J connectivity index is 3.04. The first-order chi connectivity index (χ1) is 5.65. The Morgan fingerprint density at radius 1 is 1.50 bits per heavy atom. The van der Waals surface area contributed by atoms with Gasteiger partial charge < -0.3 is 5.11 Å². The predicted octanol–water partition coefficient (Wildman–Crippen LogP) is 2.23. The summed E-state index contributed by atoms with van der Waals surface area (Å²) in [6.45, 7) is 1.84. The number of hydrogen-bond donors (Lipinski definition) is 1. The molecule has 0 aliphatic rings. The van der Waals surface area contributed by atoms with Gasteiger partial charge in [-0.2, -0.15) is 0 Å². The summed E-state index contributed by atoms with van der Waals surface area (Å²) in [6, 6.07) is 1.52. The molecule has 5 heteroatoms. The molecule has 0 amide bonds. The fourth-order valence-electron chi connectivity index (χ4n) is 0.820. The number of halogens is 2. The third kappa shape index (κ3) is 2.06. The van der Waals surface area contributed by atoms with E-state index in [-0.39, 0.29) is 10.3 Å². The Bertz CT molecular complexity index is 280. The molecule has 1 aromatic heterocycles. The van der Waals surface area contributed by atoms with E-state index in [0.717, 1.165) is 0 Å². The van der Waals surface area contributed by atoms with Crippen molar-refractivity contribution in [2.24, 2.45) is 0 Å². The standard InChI is InChI=1S/C7H8Cl2N2O/c1-2-5(12)4-3-6(8)10-11-7(4)9/h3,5,12H,2H2,1H3. The molecule has 1 atom stereocenters. The summed E-state index contributed by atoms with van der Waals surface area (Å²) in [4.78, 5) is 0. The van der Waals surface area contributed by atoms with Gasteiger partial charge in [-0.05, 0) is 12.5 Å². The second kappa shape index (κ2) is 4.03. The lowest BCUT2D eigenvalue weighted by molar-refractivity contribution is 0.173. The van der Waals surface area contributed by atoms with Gasteiger partial charge in [-0.15, -0.1) is 10.2 Å². The molecule has 1 N–H and O–H groups in total. The van der Waals surface area contributed by atoms with E-state index in [1.807, 2.05) is 6.92 Å². The average molecular weight is 207 g/mol. The van der Waals surface area contributed by atoms with Crippen LogP contribution in [-0.2, 0) is 0 Å². The topological polar surface area (TPSA) is 46.0 Å². The van der Waals surface area contributed by atoms with Crippen molar-refractivity contribution in [3.8, 4) is 0 Å². The molecule has 0 aliphatic heterocycles. The lowest BCUT2D eigenvalue weighted by Crippen LogP contribution is -1.99. The van der Waals surface area contributed by atoms with Gasteiger partial charge in [0.2, 0.25) is 0 Å². The van der Waals surface area contributed by atoms with Crippen LogP contribution in [0.25, 0.3) is 0 Å². The van der Waals surface area contributed by atoms with Gasteiger partial charge in [0.25, 0.3) is 0 Å². The van der Waals surface area contributed by atoms with Crippen LogP contribution in [0.5, 0.6) is 0 Å². The van der Waals surface area contributed by atoms with Crippen LogP contribution in [0, 0.1) is 0 Å². The van der Waals surface area contributed by atoms with Gasteiger partial charge in [0.05, 0.1) is 6.10 Å². The van der Waals surface area contributed by atoms with Crippen molar-refractivity contribution in [1.82, 2.24) is 10.2 Å². The maximum Gasteiger partial charge on any atom is 0.157 e. The molecule has 0 saturated carbocycles. The molecule has 1 heterocycles. The van der Waals surface area contributed by atoms with E-state index >= 15 is 0 Å². The van der Waals surface area contributed by atoms with Crippen molar-refractivity contribution >= 4 is 23.2 Å². The van der Waals surface area contributed by atoms with Crippen LogP contribution in [0.1, 0.15) is 25.0 Å². The summed E-state index contributed by atoms with van der Waals surface area (Å²) in [6.07, 6.45) is -0.0487. The molecule has 0 saturated heterocycles. The molecule has 0 bridgehead atoms. The minimum absolute atomic E-state index is 0.203. The van der Waals surface area contributed by atoms with Crippen LogP contribution >= 0.6 is 23.2 Å². The molecule has 1 unspecified atom stereocenters. The monoisotopic (exact) mass is 206 g/mol. The van der Waals surface area contributed by atoms with Gasteiger partial charge in [-0.25, -0.2) is 0 Å². The SMILES string of the molecule is CCC(O)c1cc(Cl)nnc1Cl. The smallest absolute Gasteiger partial charge is 0.157 e. The molecular weight excluding hydrogens is 199 g/mol. The summed E-state index contributed by atoms with van der Waals surface area (Å²) in [5.41, 5.74) is 0.527. The second-order valence-corrected chi connectivity index (χ2v) is 3.08. The van der Waals surface area contributed by atoms with Crippen LogP contribution in [-0.4, -0.2) is 15.3 Å². The van der Waals surface area contributed by atoms with Crippen LogP contribution in [0.15, 0.2) is 6.07 Å². The Kier molecular flexibility index (Phi) is 3.26. The second-order valence-electron chi connectivity index (χ2n) is 2.34. The lowest BCUT2D eigenvalue weighted by Gasteiger charge is -2.08. The number of nitrogens with zero attached hydrogens (tertiary/aromatic N) is 2. The van der Waals surface area contributed by atoms with Gasteiger partial charge in [0.1, 0.15) is 0 Å². The minimum Gasteiger partial charge on any atom is -0.388 e. The van der Waals surface area contributed by atoms with E-state index in [4.69, 9.17) is 23.2 Å². The third-order valence-electron chi connectivity index (χ3n) is 1.49. The van der Waals surface area contributed by atoms with E-state index in [0.29, 0.717) is 12.0 Å². The summed E-state index contributed by atoms with van der Waals surface area (Å²) >= 11 is 11.3. The summed E-state index contributed by atoms with van der Waals surface area (Å²) < 4.78 is 0. The Morgan fingerprint density at radius 3 is 2.75 bits per heavy atom. The normalized spacial score (nSPS) is 13.0. The molecule has 0 aliphatic carbocycles. The van der Waals surface area contributed by atoms with Crippen molar-refractivity contribution in [2.45, 2.75) is 19.4 Å². The molecule has 3 nitrogen and oxygen atoms in total. The van der Waals surface area contributed by atoms with E-state index in [1.54, 1.807) is 0 Å². The molecule has 0 spiro atoms. The molecule has 0 fully saturated rings. The van der Waals surface area contributed by atoms with Crippen LogP contribution in [0.4, 0.5) is 0 Å². The number of hydrogen-bond acceptors (Lipinski definition) is 3. The number of aliphatic hydroxyl groups excluding tert-OH is 1. The van der Waals surface area contributed by atoms with Crippen LogP contribution in [0.3, 0.4) is 0 Å². The predicted molar refractivity (Wildman–Crippen MR) is 47.3 cm³/mol. The highest BCUT2D eigenvalue weighted by molar-refractivity contribution is 6.31. The van der Waals surface area contributed by atoms with E-state index in [2.05, 4.69) is 10.2 Å². The first-order valence-corrected chi connectivity index (χ1v) is 4.27. The summed E-state index contributed by atoms with van der Waals surface area (Å²) in [5, 5.41) is 17.0. The third-order valence-corrected chi connectivity index (χ3v) is 1.97. The Hall–Kier alpha value is -0.380. The number of rotatable bonds is 2. The quantitative estimate of drug-likeness (QED) is 0.808. The summed E-state index contributed by atoms with van der Waals surface area (Å²) in [5.74, 6) is 0. The van der Waals surface area contributed by atoms with E-state index < -0.39 is 6.10 Å². The van der Waals surface area contributed by atoms with Crippen LogP contribution in [0.2, 0.25) is 10.3 Å². The van der Waals surface area contributed by atoms with Gasteiger partial charge in [0.15, 0.2) is 10.3 Å². The van der Waals surface area contributed by atoms with Crippen molar-refractivity contribution in [1.29, 1.82) is 0 Å². The zero-order chi connectivity index (χ0) is 9.14. The van der Waals surface area contributed by atoms with E-state index in [9.17, 15) is 5.11 Å². The fourth-order valence-corrected chi connectivity index (χ4v) is 1.19. The molecule has 1 rings (SSSR count). The summed E-state index contributed by atoms with van der Waals surface area (Å²) in [7, 11) is 0. The molecule has 66 valence electrons. The van der Waals surface area contributed by atoms with Crippen molar-refractivity contribution < 1.29 is 5.11 Å². The molecule has 12 heavy (non-hydrogen) atoms. The van der Waals surface area contributed by atoms with Crippen molar-refractivity contribution in [3.63, 3.8) is 0 Å². The average Bonchev–Trinajstić information content (AvgIpc) is 2.08. The highest BCUT2D eigenvalue weighted by Crippen LogP contribution is 2.24. The zero-order valence-electron chi connectivity index (χ0n) is 6.46. The highest BCUT2D eigenvalue weighted by atomic mass is 35.5. The fraction of sp³-hybridized carbons (Fsp3) is 0.429. The number of aromatic nitrogens is 2. The molecule has 1 aromatic rings. The Labute approximate surface area is 80.3 Å². The largest absolute Gasteiger partial charge is 0.388 e. The van der Waals surface area contributed by atoms with Crippen molar-refractivity contribution in [2.75, 3.05) is 0 Å². The lowest BCUT2D eigenvalue weighted by atomic mass is 10.1. The van der Waals surface area contributed by atoms with E-state index in [1.165, 1.54) is 6.07 Å². The zero-order valence-corrected chi connectivity index (χ0v) is 7.97. The van der Waals surface area contributed by atoms with Gasteiger partial charge in [0, 0.05) is 5.56 Å².